The Hall–Kier alpha value is -2.32. The molecule has 2 heteroatoms. The van der Waals surface area contributed by atoms with Gasteiger partial charge in [0.1, 0.15) is 0 Å². The van der Waals surface area contributed by atoms with Crippen molar-refractivity contribution >= 4 is 53.3 Å². The number of nitrogens with zero attached hydrogens (tertiary/aromatic N) is 1. The van der Waals surface area contributed by atoms with Crippen molar-refractivity contribution in [2.24, 2.45) is 7.05 Å². The molecule has 0 fully saturated rings. The van der Waals surface area contributed by atoms with Crippen LogP contribution < -0.4 is 0 Å². The zero-order chi connectivity index (χ0) is 16.0. The Bertz CT molecular complexity index is 1140. The van der Waals surface area contributed by atoms with Crippen molar-refractivity contribution < 1.29 is 0 Å². The monoisotopic (exact) mass is 317 g/mol. The van der Waals surface area contributed by atoms with Gasteiger partial charge in [-0.05, 0) is 24.3 Å². The maximum absolute atomic E-state index is 2.37. The summed E-state index contributed by atoms with van der Waals surface area (Å²) in [7, 11) is 2.16. The van der Waals surface area contributed by atoms with E-state index >= 15 is 0 Å². The highest BCUT2D eigenvalue weighted by Gasteiger charge is 2.11. The molecule has 23 heavy (non-hydrogen) atoms. The molecule has 3 aromatic carbocycles. The van der Waals surface area contributed by atoms with E-state index in [1.54, 1.807) is 0 Å². The number of fused-ring (bicyclic) bond motifs is 6. The Morgan fingerprint density at radius 3 is 2.17 bits per heavy atom. The molecule has 0 radical (unpaired) electrons. The number of aromatic nitrogens is 1. The SMILES string of the molecule is CC.Cn1c2ccccc2c2cc3c(cc21)sc1ccccc13. The van der Waals surface area contributed by atoms with E-state index in [2.05, 4.69) is 72.3 Å². The molecule has 0 atom stereocenters. The van der Waals surface area contributed by atoms with E-state index < -0.39 is 0 Å². The van der Waals surface area contributed by atoms with E-state index in [1.807, 2.05) is 25.2 Å². The molecular weight excluding hydrogens is 298 g/mol. The van der Waals surface area contributed by atoms with Gasteiger partial charge >= 0.3 is 0 Å². The number of hydrogen-bond donors (Lipinski definition) is 0. The lowest BCUT2D eigenvalue weighted by atomic mass is 10.1. The second-order valence-corrected chi connectivity index (χ2v) is 6.62. The van der Waals surface area contributed by atoms with Crippen LogP contribution in [0.15, 0.2) is 60.7 Å². The molecule has 2 heterocycles. The Balaban J connectivity index is 0.000000652. The fourth-order valence-electron chi connectivity index (χ4n) is 3.38. The van der Waals surface area contributed by atoms with Gasteiger partial charge in [-0.15, -0.1) is 11.3 Å². The normalized spacial score (nSPS) is 11.3. The molecule has 0 unspecified atom stereocenters. The summed E-state index contributed by atoms with van der Waals surface area (Å²) in [5.74, 6) is 0. The molecule has 0 bridgehead atoms. The van der Waals surface area contributed by atoms with Crippen LogP contribution in [0.2, 0.25) is 0 Å². The Morgan fingerprint density at radius 2 is 1.35 bits per heavy atom. The summed E-state index contributed by atoms with van der Waals surface area (Å²) in [6.45, 7) is 4.00. The van der Waals surface area contributed by atoms with Crippen LogP contribution in [0.1, 0.15) is 13.8 Å². The van der Waals surface area contributed by atoms with Gasteiger partial charge in [0.15, 0.2) is 0 Å². The second kappa shape index (κ2) is 5.39. The van der Waals surface area contributed by atoms with Crippen molar-refractivity contribution in [3.63, 3.8) is 0 Å². The van der Waals surface area contributed by atoms with Crippen LogP contribution in [0, 0.1) is 0 Å². The topological polar surface area (TPSA) is 4.93 Å². The van der Waals surface area contributed by atoms with Crippen LogP contribution in [0.5, 0.6) is 0 Å². The van der Waals surface area contributed by atoms with Crippen LogP contribution in [-0.4, -0.2) is 4.57 Å². The van der Waals surface area contributed by atoms with Crippen LogP contribution in [0.3, 0.4) is 0 Å². The first-order valence-electron chi connectivity index (χ1n) is 8.11. The van der Waals surface area contributed by atoms with Crippen LogP contribution in [0.4, 0.5) is 0 Å². The van der Waals surface area contributed by atoms with Gasteiger partial charge in [0, 0.05) is 43.5 Å². The lowest BCUT2D eigenvalue weighted by Gasteiger charge is -1.97. The summed E-state index contributed by atoms with van der Waals surface area (Å²) in [6, 6.07) is 22.0. The van der Waals surface area contributed by atoms with E-state index in [0.717, 1.165) is 0 Å². The Kier molecular flexibility index (Phi) is 3.35. The third-order valence-corrected chi connectivity index (χ3v) is 5.55. The van der Waals surface area contributed by atoms with Gasteiger partial charge < -0.3 is 4.57 Å². The molecule has 1 nitrogen and oxygen atoms in total. The van der Waals surface area contributed by atoms with Crippen molar-refractivity contribution in [2.45, 2.75) is 13.8 Å². The summed E-state index contributed by atoms with van der Waals surface area (Å²) in [5, 5.41) is 5.43. The minimum absolute atomic E-state index is 1.30. The van der Waals surface area contributed by atoms with Gasteiger partial charge in [0.25, 0.3) is 0 Å². The molecule has 0 saturated carbocycles. The van der Waals surface area contributed by atoms with Crippen molar-refractivity contribution in [1.29, 1.82) is 0 Å². The smallest absolute Gasteiger partial charge is 0.0503 e. The van der Waals surface area contributed by atoms with Gasteiger partial charge in [0.05, 0.1) is 5.52 Å². The zero-order valence-corrected chi connectivity index (χ0v) is 14.4. The molecule has 0 amide bonds. The highest BCUT2D eigenvalue weighted by Crippen LogP contribution is 2.38. The largest absolute Gasteiger partial charge is 0.344 e. The highest BCUT2D eigenvalue weighted by atomic mass is 32.1. The molecule has 114 valence electrons. The Morgan fingerprint density at radius 1 is 0.652 bits per heavy atom. The van der Waals surface area contributed by atoms with E-state index in [9.17, 15) is 0 Å². The summed E-state index contributed by atoms with van der Waals surface area (Å²) in [4.78, 5) is 0. The van der Waals surface area contributed by atoms with Crippen molar-refractivity contribution in [2.75, 3.05) is 0 Å². The molecule has 5 rings (SSSR count). The first-order valence-corrected chi connectivity index (χ1v) is 8.93. The van der Waals surface area contributed by atoms with E-state index in [1.165, 1.54) is 42.0 Å². The fraction of sp³-hybridized carbons (Fsp3) is 0.143. The lowest BCUT2D eigenvalue weighted by molar-refractivity contribution is 1.02. The number of aryl methyl sites for hydroxylation is 1. The average molecular weight is 317 g/mol. The van der Waals surface area contributed by atoms with Gasteiger partial charge in [-0.25, -0.2) is 0 Å². The van der Waals surface area contributed by atoms with Gasteiger partial charge in [-0.1, -0.05) is 50.2 Å². The molecule has 0 aliphatic carbocycles. The predicted octanol–water partition coefficient (Wildman–Crippen LogP) is 6.73. The Labute approximate surface area is 139 Å². The first kappa shape index (κ1) is 14.3. The van der Waals surface area contributed by atoms with Crippen molar-refractivity contribution in [3.8, 4) is 0 Å². The molecule has 0 saturated heterocycles. The van der Waals surface area contributed by atoms with Crippen LogP contribution in [-0.2, 0) is 7.05 Å². The zero-order valence-electron chi connectivity index (χ0n) is 13.6. The third-order valence-electron chi connectivity index (χ3n) is 4.41. The van der Waals surface area contributed by atoms with Crippen molar-refractivity contribution in [1.82, 2.24) is 4.57 Å². The minimum atomic E-state index is 1.30. The van der Waals surface area contributed by atoms with Gasteiger partial charge in [0.2, 0.25) is 0 Å². The molecule has 0 aliphatic heterocycles. The number of para-hydroxylation sites is 1. The maximum atomic E-state index is 2.37. The quantitative estimate of drug-likeness (QED) is 0.298. The number of thiophene rings is 1. The second-order valence-electron chi connectivity index (χ2n) is 5.54. The molecular formula is C21H19NS. The van der Waals surface area contributed by atoms with E-state index in [-0.39, 0.29) is 0 Å². The standard InChI is InChI=1S/C19H13NS.C2H6/c1-20-16-8-4-2-6-12(16)14-10-15-13-7-3-5-9-18(13)21-19(15)11-17(14)20;1-2/h2-11H,1H3;1-2H3. The van der Waals surface area contributed by atoms with Crippen molar-refractivity contribution in [3.05, 3.63) is 60.7 Å². The van der Waals surface area contributed by atoms with Crippen LogP contribution in [0.25, 0.3) is 42.0 Å². The number of hydrogen-bond acceptors (Lipinski definition) is 1. The number of benzene rings is 3. The average Bonchev–Trinajstić information content (AvgIpc) is 3.11. The molecule has 2 aromatic heterocycles. The number of rotatable bonds is 0. The predicted molar refractivity (Wildman–Crippen MR) is 105 cm³/mol. The molecule has 5 aromatic rings. The molecule has 0 spiro atoms. The third kappa shape index (κ3) is 1.98. The minimum Gasteiger partial charge on any atom is -0.344 e. The molecule has 0 aliphatic rings. The summed E-state index contributed by atoms with van der Waals surface area (Å²) >= 11 is 1.88. The first-order chi connectivity index (χ1) is 11.3. The molecule has 0 N–H and O–H groups in total. The highest BCUT2D eigenvalue weighted by molar-refractivity contribution is 7.25. The van der Waals surface area contributed by atoms with E-state index in [4.69, 9.17) is 0 Å². The van der Waals surface area contributed by atoms with Gasteiger partial charge in [-0.3, -0.25) is 0 Å². The van der Waals surface area contributed by atoms with Gasteiger partial charge in [-0.2, -0.15) is 0 Å². The van der Waals surface area contributed by atoms with Crippen LogP contribution >= 0.6 is 11.3 Å². The summed E-state index contributed by atoms with van der Waals surface area (Å²) in [6.07, 6.45) is 0. The maximum Gasteiger partial charge on any atom is 0.0503 e. The lowest BCUT2D eigenvalue weighted by Crippen LogP contribution is -1.85. The summed E-state index contributed by atoms with van der Waals surface area (Å²) < 4.78 is 5.04. The summed E-state index contributed by atoms with van der Waals surface area (Å²) in [5.41, 5.74) is 2.62. The fourth-order valence-corrected chi connectivity index (χ4v) is 4.50. The van der Waals surface area contributed by atoms with E-state index in [0.29, 0.717) is 0 Å².